The van der Waals surface area contributed by atoms with Gasteiger partial charge in [-0.25, -0.2) is 0 Å². The molecule has 160 valence electrons. The molecule has 1 N–H and O–H groups in total. The number of hydrogen-bond acceptors (Lipinski definition) is 5. The Balaban J connectivity index is 1.94. The van der Waals surface area contributed by atoms with E-state index in [1.54, 1.807) is 17.0 Å². The predicted molar refractivity (Wildman–Crippen MR) is 119 cm³/mol. The lowest BCUT2D eigenvalue weighted by Crippen LogP contribution is -2.31. The first-order valence-electron chi connectivity index (χ1n) is 10.3. The lowest BCUT2D eigenvalue weighted by atomic mass is 9.97. The molecule has 1 amide bonds. The molecular weight excluding hydrogens is 394 g/mol. The van der Waals surface area contributed by atoms with E-state index in [0.717, 1.165) is 16.7 Å². The van der Waals surface area contributed by atoms with Crippen molar-refractivity contribution in [3.63, 3.8) is 0 Å². The van der Waals surface area contributed by atoms with E-state index < -0.39 is 6.04 Å². The SMILES string of the molecule is C=CCOc1cccc(C2c3c(oc4c(C)cc(C)cc4c3=O)C(=O)N2CCCO)c1. The molecule has 4 rings (SSSR count). The molecule has 3 aromatic rings. The van der Waals surface area contributed by atoms with Gasteiger partial charge in [0, 0.05) is 13.2 Å². The third-order valence-electron chi connectivity index (χ3n) is 5.50. The summed E-state index contributed by atoms with van der Waals surface area (Å²) in [6.07, 6.45) is 2.05. The zero-order chi connectivity index (χ0) is 22.1. The minimum absolute atomic E-state index is 0.0585. The van der Waals surface area contributed by atoms with Crippen LogP contribution in [0, 0.1) is 13.8 Å². The first-order chi connectivity index (χ1) is 15.0. The zero-order valence-corrected chi connectivity index (χ0v) is 17.7. The molecule has 1 aliphatic heterocycles. The summed E-state index contributed by atoms with van der Waals surface area (Å²) in [7, 11) is 0. The second kappa shape index (κ2) is 8.40. The minimum Gasteiger partial charge on any atom is -0.490 e. The van der Waals surface area contributed by atoms with Crippen LogP contribution in [0.1, 0.15) is 45.3 Å². The number of hydrogen-bond donors (Lipinski definition) is 1. The highest BCUT2D eigenvalue weighted by atomic mass is 16.5. The summed E-state index contributed by atoms with van der Waals surface area (Å²) in [6.45, 7) is 8.05. The van der Waals surface area contributed by atoms with Gasteiger partial charge in [0.2, 0.25) is 5.76 Å². The van der Waals surface area contributed by atoms with Gasteiger partial charge in [-0.1, -0.05) is 30.9 Å². The van der Waals surface area contributed by atoms with Crippen LogP contribution in [0.15, 0.2) is 58.3 Å². The number of carbonyl (C=O) groups is 1. The summed E-state index contributed by atoms with van der Waals surface area (Å²) in [5.74, 6) is 0.354. The van der Waals surface area contributed by atoms with Crippen molar-refractivity contribution in [2.75, 3.05) is 19.8 Å². The summed E-state index contributed by atoms with van der Waals surface area (Å²) < 4.78 is 11.7. The van der Waals surface area contributed by atoms with E-state index in [9.17, 15) is 14.7 Å². The van der Waals surface area contributed by atoms with Gasteiger partial charge >= 0.3 is 0 Å². The molecule has 6 nitrogen and oxygen atoms in total. The van der Waals surface area contributed by atoms with Crippen LogP contribution in [0.3, 0.4) is 0 Å². The number of aryl methyl sites for hydroxylation is 2. The standard InChI is InChI=1S/C25H25NO5/c1-4-11-30-18-8-5-7-17(14-18)21-20-22(28)19-13-15(2)12-16(3)23(19)31-24(20)25(29)26(21)9-6-10-27/h4-5,7-8,12-14,21,27H,1,6,9-11H2,2-3H3. The second-order valence-electron chi connectivity index (χ2n) is 7.78. The van der Waals surface area contributed by atoms with Crippen molar-refractivity contribution in [2.24, 2.45) is 0 Å². The van der Waals surface area contributed by atoms with Crippen molar-refractivity contribution in [1.29, 1.82) is 0 Å². The average molecular weight is 419 g/mol. The van der Waals surface area contributed by atoms with E-state index in [1.807, 2.05) is 44.2 Å². The van der Waals surface area contributed by atoms with Crippen LogP contribution >= 0.6 is 0 Å². The van der Waals surface area contributed by atoms with Crippen molar-refractivity contribution in [1.82, 2.24) is 4.90 Å². The van der Waals surface area contributed by atoms with Gasteiger partial charge in [0.15, 0.2) is 5.43 Å². The Hall–Kier alpha value is -3.38. The second-order valence-corrected chi connectivity index (χ2v) is 7.78. The Kier molecular flexibility index (Phi) is 5.65. The summed E-state index contributed by atoms with van der Waals surface area (Å²) in [6, 6.07) is 10.5. The first kappa shape index (κ1) is 20.9. The molecule has 0 bridgehead atoms. The Morgan fingerprint density at radius 3 is 2.77 bits per heavy atom. The monoisotopic (exact) mass is 419 g/mol. The third-order valence-corrected chi connectivity index (χ3v) is 5.50. The smallest absolute Gasteiger partial charge is 0.290 e. The summed E-state index contributed by atoms with van der Waals surface area (Å²) in [5, 5.41) is 9.82. The van der Waals surface area contributed by atoms with E-state index in [2.05, 4.69) is 6.58 Å². The molecule has 1 aliphatic rings. The number of rotatable bonds is 7. The minimum atomic E-state index is -0.609. The lowest BCUT2D eigenvalue weighted by molar-refractivity contribution is 0.0716. The Bertz CT molecular complexity index is 1230. The summed E-state index contributed by atoms with van der Waals surface area (Å²) >= 11 is 0. The number of nitrogens with zero attached hydrogens (tertiary/aromatic N) is 1. The number of amides is 1. The van der Waals surface area contributed by atoms with E-state index in [-0.39, 0.29) is 23.7 Å². The Morgan fingerprint density at radius 1 is 1.23 bits per heavy atom. The van der Waals surface area contributed by atoms with Crippen molar-refractivity contribution < 1.29 is 19.1 Å². The maximum Gasteiger partial charge on any atom is 0.290 e. The number of benzene rings is 2. The van der Waals surface area contributed by atoms with Crippen molar-refractivity contribution in [2.45, 2.75) is 26.3 Å². The molecule has 0 spiro atoms. The van der Waals surface area contributed by atoms with Gasteiger partial charge in [-0.2, -0.15) is 0 Å². The highest BCUT2D eigenvalue weighted by Crippen LogP contribution is 2.39. The molecular formula is C25H25NO5. The number of fused-ring (bicyclic) bond motifs is 2. The molecule has 0 aliphatic carbocycles. The number of carbonyl (C=O) groups excluding carboxylic acids is 1. The lowest BCUT2D eigenvalue weighted by Gasteiger charge is -2.25. The van der Waals surface area contributed by atoms with Crippen LogP contribution < -0.4 is 10.2 Å². The average Bonchev–Trinajstić information content (AvgIpc) is 3.04. The van der Waals surface area contributed by atoms with Gasteiger partial charge < -0.3 is 19.2 Å². The number of aliphatic hydroxyl groups is 1. The molecule has 0 fully saturated rings. The highest BCUT2D eigenvalue weighted by molar-refractivity contribution is 5.99. The van der Waals surface area contributed by atoms with E-state index in [1.165, 1.54) is 0 Å². The molecule has 6 heteroatoms. The van der Waals surface area contributed by atoms with Crippen molar-refractivity contribution in [3.05, 3.63) is 87.3 Å². The molecule has 1 unspecified atom stereocenters. The van der Waals surface area contributed by atoms with Crippen molar-refractivity contribution >= 4 is 16.9 Å². The van der Waals surface area contributed by atoms with Crippen LogP contribution in [0.5, 0.6) is 5.75 Å². The highest BCUT2D eigenvalue weighted by Gasteiger charge is 2.42. The molecule has 0 saturated heterocycles. The maximum absolute atomic E-state index is 13.6. The fraction of sp³-hybridized carbons (Fsp3) is 0.280. The molecule has 0 saturated carbocycles. The predicted octanol–water partition coefficient (Wildman–Crippen LogP) is 3.90. The molecule has 0 radical (unpaired) electrons. The van der Waals surface area contributed by atoms with Crippen LogP contribution in [0.2, 0.25) is 0 Å². The van der Waals surface area contributed by atoms with Gasteiger partial charge in [0.25, 0.3) is 5.91 Å². The topological polar surface area (TPSA) is 80.0 Å². The fourth-order valence-electron chi connectivity index (χ4n) is 4.22. The zero-order valence-electron chi connectivity index (χ0n) is 17.7. The Morgan fingerprint density at radius 2 is 2.03 bits per heavy atom. The van der Waals surface area contributed by atoms with Crippen LogP contribution in [-0.2, 0) is 0 Å². The van der Waals surface area contributed by atoms with E-state index >= 15 is 0 Å². The van der Waals surface area contributed by atoms with Gasteiger partial charge in [-0.15, -0.1) is 0 Å². The van der Waals surface area contributed by atoms with Gasteiger partial charge in [-0.05, 0) is 55.2 Å². The van der Waals surface area contributed by atoms with Crippen molar-refractivity contribution in [3.8, 4) is 5.75 Å². The number of aliphatic hydroxyl groups excluding tert-OH is 1. The largest absolute Gasteiger partial charge is 0.490 e. The van der Waals surface area contributed by atoms with Crippen LogP contribution in [0.4, 0.5) is 0 Å². The maximum atomic E-state index is 13.6. The van der Waals surface area contributed by atoms with E-state index in [4.69, 9.17) is 9.15 Å². The number of ether oxygens (including phenoxy) is 1. The summed E-state index contributed by atoms with van der Waals surface area (Å²) in [5.41, 5.74) is 3.09. The van der Waals surface area contributed by atoms with Gasteiger partial charge in [-0.3, -0.25) is 9.59 Å². The first-order valence-corrected chi connectivity index (χ1v) is 10.3. The summed E-state index contributed by atoms with van der Waals surface area (Å²) in [4.78, 5) is 28.5. The normalized spacial score (nSPS) is 15.4. The molecule has 2 heterocycles. The molecule has 31 heavy (non-hydrogen) atoms. The third kappa shape index (κ3) is 3.64. The van der Waals surface area contributed by atoms with Crippen LogP contribution in [-0.4, -0.2) is 35.7 Å². The van der Waals surface area contributed by atoms with Gasteiger partial charge in [0.1, 0.15) is 17.9 Å². The molecule has 2 aromatic carbocycles. The van der Waals surface area contributed by atoms with Crippen LogP contribution in [0.25, 0.3) is 11.0 Å². The fourth-order valence-corrected chi connectivity index (χ4v) is 4.22. The molecule has 1 aromatic heterocycles. The van der Waals surface area contributed by atoms with Gasteiger partial charge in [0.05, 0.1) is 17.0 Å². The molecule has 1 atom stereocenters. The Labute approximate surface area is 180 Å². The quantitative estimate of drug-likeness (QED) is 0.588. The van der Waals surface area contributed by atoms with E-state index in [0.29, 0.717) is 41.9 Å².